The molecule has 28 heavy (non-hydrogen) atoms. The monoisotopic (exact) mass is 421 g/mol. The van der Waals surface area contributed by atoms with Crippen molar-refractivity contribution in [3.63, 3.8) is 0 Å². The number of aryl methyl sites for hydroxylation is 1. The van der Waals surface area contributed by atoms with Crippen LogP contribution in [0.25, 0.3) is 10.7 Å². The molecular weight excluding hydrogens is 394 g/mol. The number of urea groups is 1. The van der Waals surface area contributed by atoms with Gasteiger partial charge in [-0.15, -0.1) is 21.5 Å². The van der Waals surface area contributed by atoms with Gasteiger partial charge in [-0.3, -0.25) is 10.1 Å². The summed E-state index contributed by atoms with van der Waals surface area (Å²) in [5.41, 5.74) is 6.53. The summed E-state index contributed by atoms with van der Waals surface area (Å²) in [6, 6.07) is 1.41. The van der Waals surface area contributed by atoms with Crippen LogP contribution in [0.5, 0.6) is 0 Å². The smallest absolute Gasteiger partial charge is 0.318 e. The number of fused-ring (bicyclic) bond motifs is 1. The van der Waals surface area contributed by atoms with Crippen LogP contribution >= 0.6 is 23.1 Å². The summed E-state index contributed by atoms with van der Waals surface area (Å²) < 4.78 is 1.92. The molecule has 9 heteroatoms. The molecule has 2 atom stereocenters. The second-order valence-electron chi connectivity index (χ2n) is 7.58. The molecule has 0 unspecified atom stereocenters. The summed E-state index contributed by atoms with van der Waals surface area (Å²) in [4.78, 5) is 25.9. The number of carbonyl (C=O) groups excluding carboxylic acids is 2. The molecule has 0 bridgehead atoms. The van der Waals surface area contributed by atoms with Crippen molar-refractivity contribution in [3.8, 4) is 10.7 Å². The Hall–Kier alpha value is -1.87. The highest BCUT2D eigenvalue weighted by atomic mass is 32.2. The van der Waals surface area contributed by atoms with Crippen molar-refractivity contribution < 1.29 is 9.59 Å². The maximum atomic E-state index is 12.3. The molecule has 2 aromatic rings. The standard InChI is InChI=1S/C19H27N5O2S2/c1-5-11-6-7-13-12(8-11)9-14(27-13)16-22-23-19(24(16)4)28-15(10(2)3)17(25)21-18(20)26/h9-11,15H,5-8H2,1-4H3,(H3,20,21,25,26)/t11-,15-/m0/s1. The summed E-state index contributed by atoms with van der Waals surface area (Å²) in [5, 5.41) is 11.0. The number of carbonyl (C=O) groups is 2. The van der Waals surface area contributed by atoms with Crippen molar-refractivity contribution in [2.45, 2.75) is 56.9 Å². The molecule has 7 nitrogen and oxygen atoms in total. The number of hydrogen-bond acceptors (Lipinski definition) is 6. The second kappa shape index (κ2) is 8.65. The zero-order valence-corrected chi connectivity index (χ0v) is 18.3. The van der Waals surface area contributed by atoms with Crippen molar-refractivity contribution >= 4 is 35.0 Å². The maximum absolute atomic E-state index is 12.3. The Kier molecular flexibility index (Phi) is 6.44. The van der Waals surface area contributed by atoms with E-state index in [4.69, 9.17) is 5.73 Å². The molecule has 0 aliphatic heterocycles. The average Bonchev–Trinajstić information content (AvgIpc) is 3.20. The van der Waals surface area contributed by atoms with Crippen LogP contribution in [0, 0.1) is 11.8 Å². The predicted molar refractivity (Wildman–Crippen MR) is 112 cm³/mol. The van der Waals surface area contributed by atoms with Gasteiger partial charge in [0.25, 0.3) is 0 Å². The van der Waals surface area contributed by atoms with Crippen LogP contribution < -0.4 is 11.1 Å². The molecule has 2 heterocycles. The van der Waals surface area contributed by atoms with Crippen molar-refractivity contribution in [1.82, 2.24) is 20.1 Å². The van der Waals surface area contributed by atoms with Crippen molar-refractivity contribution in [1.29, 1.82) is 0 Å². The summed E-state index contributed by atoms with van der Waals surface area (Å²) in [7, 11) is 1.91. The van der Waals surface area contributed by atoms with Gasteiger partial charge in [-0.2, -0.15) is 0 Å². The fourth-order valence-corrected chi connectivity index (χ4v) is 5.72. The van der Waals surface area contributed by atoms with Gasteiger partial charge in [-0.1, -0.05) is 39.0 Å². The maximum Gasteiger partial charge on any atom is 0.318 e. The fraction of sp³-hybridized carbons (Fsp3) is 0.579. The minimum atomic E-state index is -0.843. The number of aromatic nitrogens is 3. The number of nitrogens with two attached hydrogens (primary N) is 1. The highest BCUT2D eigenvalue weighted by Crippen LogP contribution is 2.38. The zero-order chi connectivity index (χ0) is 20.4. The van der Waals surface area contributed by atoms with Crippen LogP contribution in [-0.4, -0.2) is 32.0 Å². The van der Waals surface area contributed by atoms with Gasteiger partial charge in [0.05, 0.1) is 10.1 Å². The largest absolute Gasteiger partial charge is 0.351 e. The van der Waals surface area contributed by atoms with Crippen LogP contribution in [0.4, 0.5) is 4.79 Å². The Balaban J connectivity index is 1.81. The van der Waals surface area contributed by atoms with Gasteiger partial charge in [-0.25, -0.2) is 4.79 Å². The molecule has 0 saturated heterocycles. The Bertz CT molecular complexity index is 874. The molecule has 1 aliphatic rings. The molecule has 0 spiro atoms. The van der Waals surface area contributed by atoms with Crippen molar-refractivity contribution in [2.75, 3.05) is 0 Å². The van der Waals surface area contributed by atoms with Gasteiger partial charge in [0.2, 0.25) is 5.91 Å². The lowest BCUT2D eigenvalue weighted by Gasteiger charge is -2.19. The SMILES string of the molecule is CC[C@H]1CCc2sc(-c3nnc(S[C@H](C(=O)NC(N)=O)C(C)C)n3C)cc2C1. The molecule has 3 N–H and O–H groups in total. The van der Waals surface area contributed by atoms with Crippen molar-refractivity contribution in [2.24, 2.45) is 24.6 Å². The third kappa shape index (κ3) is 4.41. The lowest BCUT2D eigenvalue weighted by molar-refractivity contribution is -0.120. The molecule has 152 valence electrons. The highest BCUT2D eigenvalue weighted by molar-refractivity contribution is 8.00. The lowest BCUT2D eigenvalue weighted by Crippen LogP contribution is -2.42. The predicted octanol–water partition coefficient (Wildman–Crippen LogP) is 3.37. The van der Waals surface area contributed by atoms with E-state index in [0.717, 1.165) is 29.5 Å². The van der Waals surface area contributed by atoms with E-state index in [-0.39, 0.29) is 5.92 Å². The van der Waals surface area contributed by atoms with E-state index in [1.54, 1.807) is 11.3 Å². The van der Waals surface area contributed by atoms with Gasteiger partial charge < -0.3 is 10.3 Å². The van der Waals surface area contributed by atoms with Crippen molar-refractivity contribution in [3.05, 3.63) is 16.5 Å². The Morgan fingerprint density at radius 1 is 1.43 bits per heavy atom. The second-order valence-corrected chi connectivity index (χ2v) is 9.82. The summed E-state index contributed by atoms with van der Waals surface area (Å²) in [6.07, 6.45) is 4.76. The van der Waals surface area contributed by atoms with Crippen LogP contribution in [-0.2, 0) is 24.7 Å². The molecule has 3 amide bonds. The first-order chi connectivity index (χ1) is 13.3. The normalized spacial score (nSPS) is 17.4. The molecule has 0 radical (unpaired) electrons. The Morgan fingerprint density at radius 2 is 2.18 bits per heavy atom. The number of amides is 3. The summed E-state index contributed by atoms with van der Waals surface area (Å²) in [5.74, 6) is 1.18. The van der Waals surface area contributed by atoms with E-state index in [1.807, 2.05) is 25.5 Å². The molecule has 0 aromatic carbocycles. The molecule has 0 fully saturated rings. The number of thioether (sulfide) groups is 1. The van der Waals surface area contributed by atoms with Gasteiger partial charge in [0.15, 0.2) is 11.0 Å². The molecule has 2 aromatic heterocycles. The first-order valence-electron chi connectivity index (χ1n) is 9.58. The molecule has 0 saturated carbocycles. The Morgan fingerprint density at radius 3 is 2.82 bits per heavy atom. The summed E-state index contributed by atoms with van der Waals surface area (Å²) in [6.45, 7) is 6.11. The zero-order valence-electron chi connectivity index (χ0n) is 16.7. The number of rotatable bonds is 6. The van der Waals surface area contributed by atoms with E-state index < -0.39 is 17.2 Å². The van der Waals surface area contributed by atoms with E-state index in [2.05, 4.69) is 28.5 Å². The molecular formula is C19H27N5O2S2. The van der Waals surface area contributed by atoms with Gasteiger partial charge in [-0.05, 0) is 42.7 Å². The minimum absolute atomic E-state index is 0.00419. The minimum Gasteiger partial charge on any atom is -0.351 e. The number of nitrogens with one attached hydrogen (secondary N) is 1. The molecule has 1 aliphatic carbocycles. The van der Waals surface area contributed by atoms with E-state index in [1.165, 1.54) is 35.0 Å². The number of hydrogen-bond donors (Lipinski definition) is 2. The number of imide groups is 1. The average molecular weight is 422 g/mol. The number of thiophene rings is 1. The van der Waals surface area contributed by atoms with E-state index in [0.29, 0.717) is 5.16 Å². The van der Waals surface area contributed by atoms with Crippen LogP contribution in [0.2, 0.25) is 0 Å². The third-order valence-corrected chi connectivity index (χ3v) is 7.97. The number of primary amides is 1. The first kappa shape index (κ1) is 20.9. The Labute approximate surface area is 173 Å². The van der Waals surface area contributed by atoms with Gasteiger partial charge >= 0.3 is 6.03 Å². The van der Waals surface area contributed by atoms with E-state index in [9.17, 15) is 9.59 Å². The molecule has 3 rings (SSSR count). The fourth-order valence-electron chi connectivity index (χ4n) is 3.49. The quantitative estimate of drug-likeness (QED) is 0.696. The highest BCUT2D eigenvalue weighted by Gasteiger charge is 2.28. The van der Waals surface area contributed by atoms with Gasteiger partial charge in [0.1, 0.15) is 0 Å². The lowest BCUT2D eigenvalue weighted by atomic mass is 9.87. The summed E-state index contributed by atoms with van der Waals surface area (Å²) >= 11 is 3.10. The van der Waals surface area contributed by atoms with E-state index >= 15 is 0 Å². The number of nitrogens with zero attached hydrogens (tertiary/aromatic N) is 3. The van der Waals surface area contributed by atoms with Gasteiger partial charge in [0, 0.05) is 11.9 Å². The van der Waals surface area contributed by atoms with Crippen LogP contribution in [0.1, 0.15) is 44.1 Å². The topological polar surface area (TPSA) is 103 Å². The third-order valence-electron chi connectivity index (χ3n) is 5.16. The first-order valence-corrected chi connectivity index (χ1v) is 11.3. The van der Waals surface area contributed by atoms with Crippen LogP contribution in [0.15, 0.2) is 11.2 Å². The van der Waals surface area contributed by atoms with Crippen LogP contribution in [0.3, 0.4) is 0 Å².